The second-order valence-corrected chi connectivity index (χ2v) is 3.75. The van der Waals surface area contributed by atoms with Crippen LogP contribution >= 0.6 is 11.6 Å². The Morgan fingerprint density at radius 1 is 1.46 bits per heavy atom. The van der Waals surface area contributed by atoms with E-state index in [9.17, 15) is 5.11 Å². The zero-order valence-electron chi connectivity index (χ0n) is 7.26. The number of halogens is 1. The number of hydrogen-bond acceptors (Lipinski definition) is 2. The Kier molecular flexibility index (Phi) is 2.42. The van der Waals surface area contributed by atoms with E-state index in [1.807, 2.05) is 18.2 Å². The maximum absolute atomic E-state index is 9.77. The molecule has 0 bridgehead atoms. The van der Waals surface area contributed by atoms with Gasteiger partial charge in [0.1, 0.15) is 0 Å². The maximum Gasteiger partial charge on any atom is 0.0811 e. The van der Waals surface area contributed by atoms with Crippen LogP contribution in [0.25, 0.3) is 0 Å². The summed E-state index contributed by atoms with van der Waals surface area (Å²) in [7, 11) is 0. The van der Waals surface area contributed by atoms with Crippen molar-refractivity contribution in [2.45, 2.75) is 18.9 Å². The molecule has 1 heterocycles. The molecule has 1 aliphatic rings. The summed E-state index contributed by atoms with van der Waals surface area (Å²) in [6.45, 7) is 0.922. The van der Waals surface area contributed by atoms with Crippen molar-refractivity contribution < 1.29 is 5.11 Å². The Balaban J connectivity index is 2.43. The van der Waals surface area contributed by atoms with Crippen LogP contribution in [0.4, 0.5) is 5.69 Å². The second kappa shape index (κ2) is 3.56. The number of hydrogen-bond donors (Lipinski definition) is 2. The van der Waals surface area contributed by atoms with E-state index in [1.54, 1.807) is 0 Å². The molecule has 2 nitrogen and oxygen atoms in total. The summed E-state index contributed by atoms with van der Waals surface area (Å²) in [6, 6.07) is 5.59. The highest BCUT2D eigenvalue weighted by Crippen LogP contribution is 2.31. The smallest absolute Gasteiger partial charge is 0.0811 e. The average molecular weight is 198 g/mol. The van der Waals surface area contributed by atoms with Crippen molar-refractivity contribution in [2.24, 2.45) is 0 Å². The van der Waals surface area contributed by atoms with Crippen molar-refractivity contribution in [2.75, 3.05) is 11.9 Å². The van der Waals surface area contributed by atoms with E-state index >= 15 is 0 Å². The van der Waals surface area contributed by atoms with Gasteiger partial charge in [0.2, 0.25) is 0 Å². The summed E-state index contributed by atoms with van der Waals surface area (Å²) in [5, 5.41) is 13.7. The van der Waals surface area contributed by atoms with Crippen LogP contribution in [-0.4, -0.2) is 11.7 Å². The summed E-state index contributed by atoms with van der Waals surface area (Å²) in [5.41, 5.74) is 1.93. The SMILES string of the molecule is O[C@H]1CCCNc2ccc(Cl)cc21. The molecule has 3 heteroatoms. The topological polar surface area (TPSA) is 32.3 Å². The Morgan fingerprint density at radius 2 is 2.31 bits per heavy atom. The van der Waals surface area contributed by atoms with Crippen molar-refractivity contribution in [3.63, 3.8) is 0 Å². The summed E-state index contributed by atoms with van der Waals surface area (Å²) < 4.78 is 0. The van der Waals surface area contributed by atoms with Gasteiger partial charge in [0.15, 0.2) is 0 Å². The monoisotopic (exact) mass is 197 g/mol. The van der Waals surface area contributed by atoms with Crippen molar-refractivity contribution in [3.8, 4) is 0 Å². The van der Waals surface area contributed by atoms with E-state index in [0.29, 0.717) is 5.02 Å². The van der Waals surface area contributed by atoms with Crippen molar-refractivity contribution in [1.29, 1.82) is 0 Å². The van der Waals surface area contributed by atoms with Gasteiger partial charge in [-0.05, 0) is 31.0 Å². The minimum absolute atomic E-state index is 0.372. The number of rotatable bonds is 0. The fraction of sp³-hybridized carbons (Fsp3) is 0.400. The Morgan fingerprint density at radius 3 is 3.15 bits per heavy atom. The molecule has 0 fully saturated rings. The minimum Gasteiger partial charge on any atom is -0.388 e. The van der Waals surface area contributed by atoms with Gasteiger partial charge in [0.25, 0.3) is 0 Å². The molecule has 70 valence electrons. The minimum atomic E-state index is -0.372. The van der Waals surface area contributed by atoms with Gasteiger partial charge < -0.3 is 10.4 Å². The second-order valence-electron chi connectivity index (χ2n) is 3.32. The van der Waals surface area contributed by atoms with E-state index in [-0.39, 0.29) is 6.10 Å². The van der Waals surface area contributed by atoms with Gasteiger partial charge in [-0.3, -0.25) is 0 Å². The van der Waals surface area contributed by atoms with Crippen LogP contribution in [0.5, 0.6) is 0 Å². The highest BCUT2D eigenvalue weighted by Gasteiger charge is 2.15. The normalized spacial score (nSPS) is 21.5. The van der Waals surface area contributed by atoms with E-state index in [1.165, 1.54) is 0 Å². The van der Waals surface area contributed by atoms with Gasteiger partial charge in [-0.25, -0.2) is 0 Å². The van der Waals surface area contributed by atoms with Crippen LogP contribution in [0.3, 0.4) is 0 Å². The lowest BCUT2D eigenvalue weighted by molar-refractivity contribution is 0.168. The number of anilines is 1. The van der Waals surface area contributed by atoms with Gasteiger partial charge in [-0.15, -0.1) is 0 Å². The van der Waals surface area contributed by atoms with E-state index in [0.717, 1.165) is 30.6 Å². The first-order valence-corrected chi connectivity index (χ1v) is 4.86. The van der Waals surface area contributed by atoms with Crippen LogP contribution in [0.2, 0.25) is 5.02 Å². The Labute approximate surface area is 82.5 Å². The molecule has 2 N–H and O–H groups in total. The third-order valence-corrected chi connectivity index (χ3v) is 2.58. The predicted octanol–water partition coefficient (Wildman–Crippen LogP) is 2.58. The number of nitrogens with one attached hydrogen (secondary N) is 1. The molecule has 0 radical (unpaired) electrons. The fourth-order valence-corrected chi connectivity index (χ4v) is 1.82. The van der Waals surface area contributed by atoms with Crippen LogP contribution < -0.4 is 5.32 Å². The lowest BCUT2D eigenvalue weighted by atomic mass is 10.1. The molecule has 0 aliphatic carbocycles. The maximum atomic E-state index is 9.77. The Hall–Kier alpha value is -0.730. The molecule has 1 aromatic carbocycles. The summed E-state index contributed by atoms with van der Waals surface area (Å²) in [5.74, 6) is 0. The average Bonchev–Trinajstić information content (AvgIpc) is 2.29. The van der Waals surface area contributed by atoms with Crippen LogP contribution in [0.15, 0.2) is 18.2 Å². The van der Waals surface area contributed by atoms with Gasteiger partial charge in [-0.1, -0.05) is 11.6 Å². The van der Waals surface area contributed by atoms with E-state index in [2.05, 4.69) is 5.32 Å². The molecule has 1 aliphatic heterocycles. The summed E-state index contributed by atoms with van der Waals surface area (Å²) >= 11 is 5.86. The fourth-order valence-electron chi connectivity index (χ4n) is 1.64. The standard InChI is InChI=1S/C10H12ClNO/c11-7-3-4-9-8(6-7)10(13)2-1-5-12-9/h3-4,6,10,12-13H,1-2,5H2/t10-/m0/s1. The molecule has 2 rings (SSSR count). The molecular formula is C10H12ClNO. The number of aliphatic hydroxyl groups is 1. The lowest BCUT2D eigenvalue weighted by Crippen LogP contribution is -1.99. The van der Waals surface area contributed by atoms with E-state index in [4.69, 9.17) is 11.6 Å². The third kappa shape index (κ3) is 1.79. The van der Waals surface area contributed by atoms with Gasteiger partial charge >= 0.3 is 0 Å². The van der Waals surface area contributed by atoms with Gasteiger partial charge in [0, 0.05) is 22.8 Å². The number of aliphatic hydroxyl groups excluding tert-OH is 1. The Bertz CT molecular complexity index is 314. The summed E-state index contributed by atoms with van der Waals surface area (Å²) in [4.78, 5) is 0. The van der Waals surface area contributed by atoms with Crippen LogP contribution in [0.1, 0.15) is 24.5 Å². The highest BCUT2D eigenvalue weighted by molar-refractivity contribution is 6.30. The molecular weight excluding hydrogens is 186 g/mol. The van der Waals surface area contributed by atoms with Crippen molar-refractivity contribution in [3.05, 3.63) is 28.8 Å². The predicted molar refractivity (Wildman–Crippen MR) is 54.1 cm³/mol. The zero-order chi connectivity index (χ0) is 9.26. The largest absolute Gasteiger partial charge is 0.388 e. The molecule has 1 aromatic rings. The molecule has 13 heavy (non-hydrogen) atoms. The first-order valence-electron chi connectivity index (χ1n) is 4.49. The van der Waals surface area contributed by atoms with Crippen molar-refractivity contribution in [1.82, 2.24) is 0 Å². The number of fused-ring (bicyclic) bond motifs is 1. The molecule has 0 spiro atoms. The van der Waals surface area contributed by atoms with Gasteiger partial charge in [0.05, 0.1) is 6.10 Å². The molecule has 0 amide bonds. The molecule has 1 atom stereocenters. The highest BCUT2D eigenvalue weighted by atomic mass is 35.5. The first kappa shape index (κ1) is 8.85. The molecule has 0 saturated heterocycles. The van der Waals surface area contributed by atoms with Crippen LogP contribution in [0, 0.1) is 0 Å². The van der Waals surface area contributed by atoms with Gasteiger partial charge in [-0.2, -0.15) is 0 Å². The van der Waals surface area contributed by atoms with Crippen LogP contribution in [-0.2, 0) is 0 Å². The molecule has 0 aromatic heterocycles. The molecule has 0 unspecified atom stereocenters. The number of benzene rings is 1. The summed E-state index contributed by atoms with van der Waals surface area (Å²) in [6.07, 6.45) is 1.43. The quantitative estimate of drug-likeness (QED) is 0.670. The first-order chi connectivity index (χ1) is 6.27. The zero-order valence-corrected chi connectivity index (χ0v) is 8.01. The van der Waals surface area contributed by atoms with E-state index < -0.39 is 0 Å². The lowest BCUT2D eigenvalue weighted by Gasteiger charge is -2.11. The third-order valence-electron chi connectivity index (χ3n) is 2.34. The molecule has 0 saturated carbocycles. The van der Waals surface area contributed by atoms with Crippen molar-refractivity contribution >= 4 is 17.3 Å².